The SMILES string of the molecule is OC1CC1(F)Cl. The predicted molar refractivity (Wildman–Crippen MR) is 20.3 cm³/mol. The maximum Gasteiger partial charge on any atom is 0.211 e. The van der Waals surface area contributed by atoms with E-state index < -0.39 is 11.2 Å². The summed E-state index contributed by atoms with van der Waals surface area (Å²) in [4.78, 5) is 0. The summed E-state index contributed by atoms with van der Waals surface area (Å²) >= 11 is 4.87. The molecule has 1 aliphatic rings. The molecule has 1 saturated carbocycles. The molecule has 36 valence electrons. The van der Waals surface area contributed by atoms with Gasteiger partial charge < -0.3 is 5.11 Å². The fourth-order valence-electron chi connectivity index (χ4n) is 0.199. The standard InChI is InChI=1S/C3H4ClFO/c4-3(5)1-2(3)6/h2,6H,1H2. The van der Waals surface area contributed by atoms with Crippen LogP contribution in [0.4, 0.5) is 4.39 Å². The van der Waals surface area contributed by atoms with Gasteiger partial charge in [-0.25, -0.2) is 4.39 Å². The number of hydrogen-bond donors (Lipinski definition) is 1. The number of aliphatic hydroxyl groups is 1. The molecule has 3 heteroatoms. The zero-order valence-corrected chi connectivity index (χ0v) is 3.74. The number of aliphatic hydroxyl groups excluding tert-OH is 1. The molecular weight excluding hydrogens is 106 g/mol. The van der Waals surface area contributed by atoms with Gasteiger partial charge in [0, 0.05) is 6.42 Å². The van der Waals surface area contributed by atoms with Crippen molar-refractivity contribution in [3.8, 4) is 0 Å². The second-order valence-electron chi connectivity index (χ2n) is 1.48. The number of hydrogen-bond acceptors (Lipinski definition) is 1. The highest BCUT2D eigenvalue weighted by atomic mass is 35.5. The summed E-state index contributed by atoms with van der Waals surface area (Å²) in [6.45, 7) is 0. The Morgan fingerprint density at radius 1 is 2.00 bits per heavy atom. The molecule has 2 unspecified atom stereocenters. The van der Waals surface area contributed by atoms with Crippen LogP contribution >= 0.6 is 11.6 Å². The lowest BCUT2D eigenvalue weighted by Crippen LogP contribution is -1.92. The van der Waals surface area contributed by atoms with Crippen molar-refractivity contribution >= 4 is 11.6 Å². The van der Waals surface area contributed by atoms with Gasteiger partial charge in [0.2, 0.25) is 5.13 Å². The fraction of sp³-hybridized carbons (Fsp3) is 1.00. The van der Waals surface area contributed by atoms with Crippen molar-refractivity contribution in [3.05, 3.63) is 0 Å². The van der Waals surface area contributed by atoms with Gasteiger partial charge in [-0.3, -0.25) is 0 Å². The Kier molecular flexibility index (Phi) is 0.632. The predicted octanol–water partition coefficient (Wildman–Crippen LogP) is 0.656. The molecule has 2 atom stereocenters. The van der Waals surface area contributed by atoms with Crippen LogP contribution in [0, 0.1) is 0 Å². The van der Waals surface area contributed by atoms with Crippen molar-refractivity contribution in [3.63, 3.8) is 0 Å². The number of halogens is 2. The van der Waals surface area contributed by atoms with Crippen molar-refractivity contribution in [2.75, 3.05) is 0 Å². The van der Waals surface area contributed by atoms with E-state index in [1.165, 1.54) is 0 Å². The summed E-state index contributed by atoms with van der Waals surface area (Å²) in [7, 11) is 0. The number of rotatable bonds is 0. The van der Waals surface area contributed by atoms with Crippen LogP contribution in [0.1, 0.15) is 6.42 Å². The van der Waals surface area contributed by atoms with Gasteiger partial charge in [-0.15, -0.1) is 0 Å². The molecule has 0 radical (unpaired) electrons. The molecule has 0 bridgehead atoms. The minimum Gasteiger partial charge on any atom is -0.388 e. The minimum absolute atomic E-state index is 0.0918. The van der Waals surface area contributed by atoms with Crippen molar-refractivity contribution in [2.24, 2.45) is 0 Å². The zero-order chi connectivity index (χ0) is 4.78. The molecule has 1 rings (SSSR count). The molecular formula is C3H4ClFO. The normalized spacial score (nSPS) is 55.5. The summed E-state index contributed by atoms with van der Waals surface area (Å²) in [5.74, 6) is 0. The van der Waals surface area contributed by atoms with Gasteiger partial charge in [-0.2, -0.15) is 0 Å². The lowest BCUT2D eigenvalue weighted by Gasteiger charge is -1.83. The van der Waals surface area contributed by atoms with E-state index in [2.05, 4.69) is 0 Å². The summed E-state index contributed by atoms with van der Waals surface area (Å²) in [6.07, 6.45) is -0.812. The van der Waals surface area contributed by atoms with E-state index in [4.69, 9.17) is 16.7 Å². The lowest BCUT2D eigenvalue weighted by molar-refractivity contribution is 0.222. The average molecular weight is 111 g/mol. The van der Waals surface area contributed by atoms with Crippen LogP contribution in [0.15, 0.2) is 0 Å². The monoisotopic (exact) mass is 110 g/mol. The summed E-state index contributed by atoms with van der Waals surface area (Å²) in [5.41, 5.74) is 0. The highest BCUT2D eigenvalue weighted by molar-refractivity contribution is 6.25. The molecule has 1 N–H and O–H groups in total. The highest BCUT2D eigenvalue weighted by Crippen LogP contribution is 2.43. The lowest BCUT2D eigenvalue weighted by atomic mass is 10.8. The Hall–Kier alpha value is 0.180. The molecule has 0 saturated heterocycles. The Bertz CT molecular complexity index is 73.2. The van der Waals surface area contributed by atoms with Crippen molar-refractivity contribution in [1.29, 1.82) is 0 Å². The van der Waals surface area contributed by atoms with Gasteiger partial charge in [0.25, 0.3) is 0 Å². The topological polar surface area (TPSA) is 20.2 Å². The quantitative estimate of drug-likeness (QED) is 0.454. The van der Waals surface area contributed by atoms with Gasteiger partial charge in [0.1, 0.15) is 6.10 Å². The molecule has 0 aromatic rings. The summed E-state index contributed by atoms with van der Waals surface area (Å²) in [5, 5.41) is 6.42. The fourth-order valence-corrected chi connectivity index (χ4v) is 0.345. The first-order chi connectivity index (χ1) is 2.63. The van der Waals surface area contributed by atoms with E-state index in [9.17, 15) is 4.39 Å². The van der Waals surface area contributed by atoms with E-state index in [0.29, 0.717) is 0 Å². The molecule has 1 nitrogen and oxygen atoms in total. The van der Waals surface area contributed by atoms with Crippen LogP contribution < -0.4 is 0 Å². The molecule has 1 aliphatic carbocycles. The Labute approximate surface area is 39.7 Å². The molecule has 0 aromatic heterocycles. The third-order valence-electron chi connectivity index (χ3n) is 0.793. The van der Waals surface area contributed by atoms with Crippen LogP contribution in [-0.2, 0) is 0 Å². The van der Waals surface area contributed by atoms with Crippen molar-refractivity contribution in [2.45, 2.75) is 17.7 Å². The zero-order valence-electron chi connectivity index (χ0n) is 2.99. The second-order valence-corrected chi connectivity index (χ2v) is 2.11. The van der Waals surface area contributed by atoms with E-state index >= 15 is 0 Å². The third kappa shape index (κ3) is 0.502. The van der Waals surface area contributed by atoms with Gasteiger partial charge in [0.05, 0.1) is 0 Å². The first-order valence-electron chi connectivity index (χ1n) is 1.69. The van der Waals surface area contributed by atoms with Gasteiger partial charge >= 0.3 is 0 Å². The second kappa shape index (κ2) is 0.873. The van der Waals surface area contributed by atoms with E-state index in [1.807, 2.05) is 0 Å². The smallest absolute Gasteiger partial charge is 0.211 e. The van der Waals surface area contributed by atoms with E-state index in [1.54, 1.807) is 0 Å². The molecule has 1 fully saturated rings. The Balaban J connectivity index is 2.41. The third-order valence-corrected chi connectivity index (χ3v) is 1.20. The molecule has 0 amide bonds. The van der Waals surface area contributed by atoms with Crippen LogP contribution in [0.25, 0.3) is 0 Å². The summed E-state index contributed by atoms with van der Waals surface area (Å²) in [6, 6.07) is 0. The maximum absolute atomic E-state index is 11.7. The maximum atomic E-state index is 11.7. The van der Waals surface area contributed by atoms with Crippen LogP contribution in [0.5, 0.6) is 0 Å². The van der Waals surface area contributed by atoms with Crippen molar-refractivity contribution in [1.82, 2.24) is 0 Å². The van der Waals surface area contributed by atoms with Gasteiger partial charge in [-0.1, -0.05) is 11.6 Å². The minimum atomic E-state index is -1.76. The Morgan fingerprint density at radius 3 is 2.17 bits per heavy atom. The Morgan fingerprint density at radius 2 is 2.17 bits per heavy atom. The molecule has 0 spiro atoms. The average Bonchev–Trinajstić information content (AvgIpc) is 1.73. The van der Waals surface area contributed by atoms with Crippen LogP contribution in [-0.4, -0.2) is 16.3 Å². The molecule has 0 heterocycles. The van der Waals surface area contributed by atoms with Gasteiger partial charge in [0.15, 0.2) is 0 Å². The van der Waals surface area contributed by atoms with Crippen LogP contribution in [0.2, 0.25) is 0 Å². The van der Waals surface area contributed by atoms with E-state index in [-0.39, 0.29) is 6.42 Å². The van der Waals surface area contributed by atoms with Gasteiger partial charge in [-0.05, 0) is 0 Å². The van der Waals surface area contributed by atoms with Crippen LogP contribution in [0.3, 0.4) is 0 Å². The largest absolute Gasteiger partial charge is 0.388 e. The molecule has 0 aromatic carbocycles. The van der Waals surface area contributed by atoms with E-state index in [0.717, 1.165) is 0 Å². The first-order valence-corrected chi connectivity index (χ1v) is 2.06. The first kappa shape index (κ1) is 4.34. The number of alkyl halides is 2. The highest BCUT2D eigenvalue weighted by Gasteiger charge is 2.53. The molecule has 6 heavy (non-hydrogen) atoms. The summed E-state index contributed by atoms with van der Waals surface area (Å²) < 4.78 is 11.7. The molecule has 0 aliphatic heterocycles. The van der Waals surface area contributed by atoms with Crippen molar-refractivity contribution < 1.29 is 9.50 Å².